The Kier molecular flexibility index (Phi) is 5.68. The molecule has 1 aliphatic carbocycles. The Bertz CT molecular complexity index is 1290. The predicted molar refractivity (Wildman–Crippen MR) is 118 cm³/mol. The lowest BCUT2D eigenvalue weighted by Crippen LogP contribution is -2.37. The van der Waals surface area contributed by atoms with Crippen molar-refractivity contribution in [1.82, 2.24) is 14.8 Å². The van der Waals surface area contributed by atoms with Crippen molar-refractivity contribution in [2.75, 3.05) is 6.61 Å². The number of hydrogen-bond donors (Lipinski definition) is 1. The number of halogens is 3. The number of fused-ring (bicyclic) bond motifs is 1. The third-order valence-corrected chi connectivity index (χ3v) is 6.16. The molecule has 1 heterocycles. The van der Waals surface area contributed by atoms with Gasteiger partial charge in [0.2, 0.25) is 0 Å². The molecule has 2 aromatic carbocycles. The van der Waals surface area contributed by atoms with Crippen LogP contribution in [0, 0.1) is 0 Å². The van der Waals surface area contributed by atoms with Gasteiger partial charge in [-0.15, -0.1) is 0 Å². The van der Waals surface area contributed by atoms with Crippen LogP contribution in [0.3, 0.4) is 0 Å². The topological polar surface area (TPSA) is 94.1 Å². The second kappa shape index (κ2) is 8.15. The third-order valence-electron chi connectivity index (χ3n) is 5.33. The minimum Gasteiger partial charge on any atom is -0.465 e. The van der Waals surface area contributed by atoms with E-state index in [9.17, 15) is 14.4 Å². The average Bonchev–Trinajstić information content (AvgIpc) is 3.07. The van der Waals surface area contributed by atoms with Gasteiger partial charge in [-0.3, -0.25) is 14.6 Å². The molecule has 10 heteroatoms. The zero-order valence-electron chi connectivity index (χ0n) is 16.2. The van der Waals surface area contributed by atoms with Gasteiger partial charge in [-0.1, -0.05) is 40.9 Å². The number of nitrogens with one attached hydrogen (secondary N) is 1. The summed E-state index contributed by atoms with van der Waals surface area (Å²) >= 11 is 19.4. The van der Waals surface area contributed by atoms with Crippen molar-refractivity contribution < 1.29 is 9.53 Å². The van der Waals surface area contributed by atoms with Gasteiger partial charge in [-0.2, -0.15) is 9.78 Å². The summed E-state index contributed by atoms with van der Waals surface area (Å²) in [5.41, 5.74) is -0.316. The van der Waals surface area contributed by atoms with Gasteiger partial charge in [0.25, 0.3) is 5.56 Å². The molecular weight excluding hydrogens is 465 g/mol. The molecule has 0 saturated carbocycles. The Labute approximate surface area is 191 Å². The molecule has 1 atom stereocenters. The minimum absolute atomic E-state index is 0.165. The summed E-state index contributed by atoms with van der Waals surface area (Å²) in [5, 5.41) is 4.72. The third kappa shape index (κ3) is 3.56. The highest BCUT2D eigenvalue weighted by Gasteiger charge is 2.50. The maximum Gasteiger partial charge on any atom is 0.349 e. The Morgan fingerprint density at radius 2 is 1.90 bits per heavy atom. The molecule has 3 aromatic rings. The highest BCUT2D eigenvalue weighted by Crippen LogP contribution is 2.50. The predicted octanol–water partition coefficient (Wildman–Crippen LogP) is 3.68. The second-order valence-corrected chi connectivity index (χ2v) is 8.31. The van der Waals surface area contributed by atoms with Crippen molar-refractivity contribution in [2.45, 2.75) is 25.2 Å². The summed E-state index contributed by atoms with van der Waals surface area (Å²) in [6.07, 6.45) is 1.95. The van der Waals surface area contributed by atoms with Gasteiger partial charge in [-0.25, -0.2) is 4.79 Å². The van der Waals surface area contributed by atoms with Gasteiger partial charge in [0.05, 0.1) is 12.3 Å². The van der Waals surface area contributed by atoms with Crippen LogP contribution < -0.4 is 11.2 Å². The van der Waals surface area contributed by atoms with Crippen LogP contribution in [0.25, 0.3) is 5.69 Å². The van der Waals surface area contributed by atoms with Crippen molar-refractivity contribution in [3.63, 3.8) is 0 Å². The molecule has 1 aliphatic rings. The number of esters is 1. The fraction of sp³-hybridized carbons (Fsp3) is 0.238. The van der Waals surface area contributed by atoms with Gasteiger partial charge in [0.1, 0.15) is 11.6 Å². The molecule has 0 bridgehead atoms. The monoisotopic (exact) mass is 479 g/mol. The number of aromatic nitrogens is 3. The molecule has 0 amide bonds. The first-order valence-corrected chi connectivity index (χ1v) is 10.6. The molecule has 0 aliphatic heterocycles. The first-order valence-electron chi connectivity index (χ1n) is 9.42. The number of benzene rings is 2. The standard InChI is InChI=1S/C21H16Cl3N3O4/c1-2-31-19(29)21(6-5-11-7-12(22)3-4-14(11)21)18-15(23)8-13(9-16(18)24)27-20(30)26-17(28)10-25-27/h3-4,7-10H,2,5-6H2,1H3,(H,26,28,30). The van der Waals surface area contributed by atoms with Crippen LogP contribution >= 0.6 is 34.8 Å². The molecule has 7 nitrogen and oxygen atoms in total. The number of H-pyrrole nitrogens is 1. The Morgan fingerprint density at radius 1 is 1.19 bits per heavy atom. The van der Waals surface area contributed by atoms with Gasteiger partial charge >= 0.3 is 11.7 Å². The lowest BCUT2D eigenvalue weighted by molar-refractivity contribution is -0.148. The fourth-order valence-corrected chi connectivity index (χ4v) is 5.09. The van der Waals surface area contributed by atoms with Gasteiger partial charge in [0, 0.05) is 20.6 Å². The van der Waals surface area contributed by atoms with Crippen LogP contribution in [0.1, 0.15) is 30.0 Å². The molecular formula is C21H16Cl3N3O4. The average molecular weight is 481 g/mol. The van der Waals surface area contributed by atoms with E-state index in [-0.39, 0.29) is 22.3 Å². The van der Waals surface area contributed by atoms with Crippen LogP contribution in [0.4, 0.5) is 0 Å². The molecule has 0 saturated heterocycles. The number of nitrogens with zero attached hydrogens (tertiary/aromatic N) is 2. The van der Waals surface area contributed by atoms with E-state index in [0.29, 0.717) is 23.4 Å². The summed E-state index contributed by atoms with van der Waals surface area (Å²) in [6, 6.07) is 8.27. The molecule has 0 radical (unpaired) electrons. The maximum atomic E-state index is 13.3. The van der Waals surface area contributed by atoms with Crippen LogP contribution in [0.15, 0.2) is 46.1 Å². The van der Waals surface area contributed by atoms with Gasteiger partial charge in [-0.05, 0) is 55.2 Å². The van der Waals surface area contributed by atoms with E-state index in [1.54, 1.807) is 19.1 Å². The summed E-state index contributed by atoms with van der Waals surface area (Å²) in [7, 11) is 0. The van der Waals surface area contributed by atoms with Crippen LogP contribution in [-0.4, -0.2) is 27.3 Å². The summed E-state index contributed by atoms with van der Waals surface area (Å²) in [4.78, 5) is 38.8. The normalized spacial score (nSPS) is 17.4. The van der Waals surface area contributed by atoms with E-state index < -0.39 is 22.6 Å². The number of ether oxygens (including phenoxy) is 1. The smallest absolute Gasteiger partial charge is 0.349 e. The molecule has 0 spiro atoms. The Balaban J connectivity index is 1.95. The molecule has 1 aromatic heterocycles. The lowest BCUT2D eigenvalue weighted by atomic mass is 9.75. The lowest BCUT2D eigenvalue weighted by Gasteiger charge is -2.30. The number of aromatic amines is 1. The van der Waals surface area contributed by atoms with Crippen molar-refractivity contribution in [2.24, 2.45) is 0 Å². The Morgan fingerprint density at radius 3 is 2.55 bits per heavy atom. The number of aryl methyl sites for hydroxylation is 1. The van der Waals surface area contributed by atoms with Crippen LogP contribution in [0.2, 0.25) is 15.1 Å². The summed E-state index contributed by atoms with van der Waals surface area (Å²) in [5.74, 6) is -0.466. The Hall–Kier alpha value is -2.61. The largest absolute Gasteiger partial charge is 0.465 e. The number of carbonyl (C=O) groups excluding carboxylic acids is 1. The first kappa shape index (κ1) is 21.6. The summed E-state index contributed by atoms with van der Waals surface area (Å²) in [6.45, 7) is 1.91. The van der Waals surface area contributed by atoms with Crippen molar-refractivity contribution in [3.05, 3.63) is 89.1 Å². The number of rotatable bonds is 4. The highest BCUT2D eigenvalue weighted by atomic mass is 35.5. The quantitative estimate of drug-likeness (QED) is 0.575. The minimum atomic E-state index is -1.22. The zero-order valence-corrected chi connectivity index (χ0v) is 18.5. The van der Waals surface area contributed by atoms with Crippen molar-refractivity contribution >= 4 is 40.8 Å². The number of carbonyl (C=O) groups is 1. The summed E-state index contributed by atoms with van der Waals surface area (Å²) < 4.78 is 6.39. The number of hydrogen-bond acceptors (Lipinski definition) is 5. The molecule has 160 valence electrons. The van der Waals surface area contributed by atoms with Crippen molar-refractivity contribution in [3.8, 4) is 5.69 Å². The molecule has 31 heavy (non-hydrogen) atoms. The van der Waals surface area contributed by atoms with Crippen LogP contribution in [-0.2, 0) is 21.4 Å². The van der Waals surface area contributed by atoms with E-state index in [4.69, 9.17) is 39.5 Å². The first-order chi connectivity index (χ1) is 14.8. The van der Waals surface area contributed by atoms with Crippen LogP contribution in [0.5, 0.6) is 0 Å². The van der Waals surface area contributed by atoms with E-state index in [0.717, 1.165) is 22.0 Å². The maximum absolute atomic E-state index is 13.3. The van der Waals surface area contributed by atoms with E-state index in [1.807, 2.05) is 6.07 Å². The van der Waals surface area contributed by atoms with Crippen molar-refractivity contribution in [1.29, 1.82) is 0 Å². The second-order valence-electron chi connectivity index (χ2n) is 7.06. The molecule has 1 unspecified atom stereocenters. The van der Waals surface area contributed by atoms with E-state index in [1.165, 1.54) is 12.1 Å². The zero-order chi connectivity index (χ0) is 22.3. The molecule has 1 N–H and O–H groups in total. The van der Waals surface area contributed by atoms with Gasteiger partial charge in [0.15, 0.2) is 0 Å². The SMILES string of the molecule is CCOC(=O)C1(c2c(Cl)cc(-n3ncc(=O)[nH]c3=O)cc2Cl)CCc2cc(Cl)ccc21. The molecule has 4 rings (SSSR count). The fourth-order valence-electron chi connectivity index (χ4n) is 4.10. The van der Waals surface area contributed by atoms with E-state index in [2.05, 4.69) is 10.1 Å². The van der Waals surface area contributed by atoms with E-state index >= 15 is 0 Å². The molecule has 0 fully saturated rings. The highest BCUT2D eigenvalue weighted by molar-refractivity contribution is 6.37. The van der Waals surface area contributed by atoms with Gasteiger partial charge < -0.3 is 4.74 Å².